The lowest BCUT2D eigenvalue weighted by atomic mass is 10.1. The van der Waals surface area contributed by atoms with Crippen LogP contribution in [0.25, 0.3) is 20.8 Å². The number of amides is 1. The molecule has 0 bridgehead atoms. The van der Waals surface area contributed by atoms with Gasteiger partial charge in [0.05, 0.1) is 28.7 Å². The summed E-state index contributed by atoms with van der Waals surface area (Å²) in [6.07, 6.45) is 2.24. The number of nitrogens with one attached hydrogen (secondary N) is 2. The minimum atomic E-state index is -2.07. The van der Waals surface area contributed by atoms with Crippen molar-refractivity contribution in [2.45, 2.75) is 26.3 Å². The molecular weight excluding hydrogens is 426 g/mol. The molecule has 1 aliphatic rings. The van der Waals surface area contributed by atoms with Gasteiger partial charge < -0.3 is 25.2 Å². The first-order valence-corrected chi connectivity index (χ1v) is 10.9. The van der Waals surface area contributed by atoms with E-state index in [1.165, 1.54) is 33.0 Å². The summed E-state index contributed by atoms with van der Waals surface area (Å²) in [4.78, 5) is 37.5. The number of carbonyl (C=O) groups is 3. The number of thiazole rings is 1. The normalized spacial score (nSPS) is 15.5. The summed E-state index contributed by atoms with van der Waals surface area (Å²) in [6, 6.07) is 8.23. The van der Waals surface area contributed by atoms with E-state index in [4.69, 9.17) is 24.8 Å². The van der Waals surface area contributed by atoms with Crippen molar-refractivity contribution < 1.29 is 29.5 Å². The van der Waals surface area contributed by atoms with E-state index in [0.717, 1.165) is 34.1 Å². The van der Waals surface area contributed by atoms with E-state index in [0.29, 0.717) is 0 Å². The Morgan fingerprint density at radius 1 is 1.23 bits per heavy atom. The molecule has 3 aromatic rings. The number of carbonyl (C=O) groups excluding carboxylic acids is 2. The van der Waals surface area contributed by atoms with Crippen molar-refractivity contribution in [1.29, 1.82) is 0 Å². The molecule has 0 aliphatic carbocycles. The van der Waals surface area contributed by atoms with E-state index < -0.39 is 11.9 Å². The number of carboxylic acid groups (broad SMARTS) is 2. The topological polar surface area (TPSA) is 124 Å². The Morgan fingerprint density at radius 3 is 2.57 bits per heavy atom. The molecule has 10 heteroatoms. The smallest absolute Gasteiger partial charge is 0.351 e. The van der Waals surface area contributed by atoms with E-state index in [-0.39, 0.29) is 5.91 Å². The molecule has 2 aromatic heterocycles. The zero-order chi connectivity index (χ0) is 21.8. The SMILES string of the molecule is CC(=O)Nc1sc2c(c1-c1nc3ccccc3s1)CCC[NH+](C)C2.O=C([O-])C(=O)O. The van der Waals surface area contributed by atoms with Gasteiger partial charge >= 0.3 is 5.97 Å². The highest BCUT2D eigenvalue weighted by molar-refractivity contribution is 7.22. The van der Waals surface area contributed by atoms with E-state index in [9.17, 15) is 4.79 Å². The van der Waals surface area contributed by atoms with Gasteiger partial charge in [-0.3, -0.25) is 4.79 Å². The first kappa shape index (κ1) is 21.9. The molecule has 1 aromatic carbocycles. The Labute approximate surface area is 180 Å². The van der Waals surface area contributed by atoms with Gasteiger partial charge in [0.15, 0.2) is 5.97 Å². The molecule has 0 saturated heterocycles. The average Bonchev–Trinajstić information content (AvgIpc) is 3.17. The zero-order valence-electron chi connectivity index (χ0n) is 16.5. The van der Waals surface area contributed by atoms with Crippen molar-refractivity contribution in [2.75, 3.05) is 18.9 Å². The van der Waals surface area contributed by atoms with Gasteiger partial charge in [-0.05, 0) is 24.1 Å². The standard InChI is InChI=1S/C18H19N3OS2.C2H2O4/c1-11(22)19-17-16(12-6-5-9-21(2)10-15(12)24-17)18-20-13-7-3-4-8-14(13)23-18;3-1(4)2(5)6/h3-4,7-8H,5-6,9-10H2,1-2H3,(H,19,22);(H,3,4)(H,5,6). The highest BCUT2D eigenvalue weighted by atomic mass is 32.1. The van der Waals surface area contributed by atoms with E-state index in [1.807, 2.05) is 12.1 Å². The fraction of sp³-hybridized carbons (Fsp3) is 0.300. The van der Waals surface area contributed by atoms with Gasteiger partial charge in [-0.2, -0.15) is 0 Å². The van der Waals surface area contributed by atoms with Crippen molar-refractivity contribution in [3.05, 3.63) is 34.7 Å². The predicted molar refractivity (Wildman–Crippen MR) is 114 cm³/mol. The number of para-hydroxylation sites is 1. The number of anilines is 1. The number of carboxylic acids is 2. The molecule has 30 heavy (non-hydrogen) atoms. The average molecular weight is 448 g/mol. The predicted octanol–water partition coefficient (Wildman–Crippen LogP) is 0.765. The number of aliphatic carboxylic acids is 2. The van der Waals surface area contributed by atoms with Crippen molar-refractivity contribution in [3.63, 3.8) is 0 Å². The van der Waals surface area contributed by atoms with Crippen molar-refractivity contribution >= 4 is 55.7 Å². The summed E-state index contributed by atoms with van der Waals surface area (Å²) in [6.45, 7) is 3.79. The summed E-state index contributed by atoms with van der Waals surface area (Å²) < 4.78 is 1.19. The monoisotopic (exact) mass is 447 g/mol. The van der Waals surface area contributed by atoms with Gasteiger partial charge in [-0.15, -0.1) is 22.7 Å². The van der Waals surface area contributed by atoms with Crippen molar-refractivity contribution in [3.8, 4) is 10.6 Å². The molecule has 4 rings (SSSR count). The van der Waals surface area contributed by atoms with Gasteiger partial charge in [0, 0.05) is 18.9 Å². The lowest BCUT2D eigenvalue weighted by Gasteiger charge is -2.08. The molecule has 8 nitrogen and oxygen atoms in total. The minimum Gasteiger partial charge on any atom is -0.539 e. The number of fused-ring (bicyclic) bond motifs is 2. The number of hydrogen-bond acceptors (Lipinski definition) is 7. The number of benzene rings is 1. The Bertz CT molecular complexity index is 1060. The highest BCUT2D eigenvalue weighted by Crippen LogP contribution is 2.44. The van der Waals surface area contributed by atoms with E-state index in [2.05, 4.69) is 24.5 Å². The first-order chi connectivity index (χ1) is 14.3. The van der Waals surface area contributed by atoms with Crippen LogP contribution in [-0.2, 0) is 27.3 Å². The summed E-state index contributed by atoms with van der Waals surface area (Å²) in [5.74, 6) is -4.03. The van der Waals surface area contributed by atoms with Crippen LogP contribution < -0.4 is 15.3 Å². The van der Waals surface area contributed by atoms with E-state index in [1.54, 1.807) is 29.6 Å². The summed E-state index contributed by atoms with van der Waals surface area (Å²) in [5, 5.41) is 21.3. The summed E-state index contributed by atoms with van der Waals surface area (Å²) >= 11 is 3.44. The van der Waals surface area contributed by atoms with Crippen LogP contribution in [0.4, 0.5) is 5.00 Å². The quantitative estimate of drug-likeness (QED) is 0.499. The first-order valence-electron chi connectivity index (χ1n) is 9.30. The largest absolute Gasteiger partial charge is 0.539 e. The Hall–Kier alpha value is -2.82. The van der Waals surface area contributed by atoms with Crippen LogP contribution in [0, 0.1) is 0 Å². The molecule has 158 valence electrons. The molecule has 0 fully saturated rings. The summed E-state index contributed by atoms with van der Waals surface area (Å²) in [7, 11) is 2.24. The molecule has 3 N–H and O–H groups in total. The maximum absolute atomic E-state index is 11.7. The zero-order valence-corrected chi connectivity index (χ0v) is 18.1. The highest BCUT2D eigenvalue weighted by Gasteiger charge is 2.26. The van der Waals surface area contributed by atoms with Gasteiger partial charge in [-0.25, -0.2) is 9.78 Å². The maximum atomic E-state index is 11.7. The number of rotatable bonds is 2. The number of aromatic nitrogens is 1. The van der Waals surface area contributed by atoms with Crippen LogP contribution >= 0.6 is 22.7 Å². The van der Waals surface area contributed by atoms with Crippen LogP contribution in [0.15, 0.2) is 24.3 Å². The maximum Gasteiger partial charge on any atom is 0.351 e. The van der Waals surface area contributed by atoms with Crippen LogP contribution in [0.2, 0.25) is 0 Å². The fourth-order valence-electron chi connectivity index (χ4n) is 3.30. The number of quaternary nitrogens is 1. The molecule has 1 aliphatic heterocycles. The minimum absolute atomic E-state index is 0.0190. The number of hydrogen-bond donors (Lipinski definition) is 3. The lowest BCUT2D eigenvalue weighted by molar-refractivity contribution is -0.892. The van der Waals surface area contributed by atoms with Gasteiger partial charge in [0.1, 0.15) is 16.6 Å². The van der Waals surface area contributed by atoms with Crippen molar-refractivity contribution in [2.24, 2.45) is 0 Å². The molecule has 1 atom stereocenters. The fourth-order valence-corrected chi connectivity index (χ4v) is 5.82. The molecular formula is C20H21N3O5S2. The Kier molecular flexibility index (Phi) is 6.80. The lowest BCUT2D eigenvalue weighted by Crippen LogP contribution is -3.07. The Morgan fingerprint density at radius 2 is 1.93 bits per heavy atom. The molecule has 1 unspecified atom stereocenters. The van der Waals surface area contributed by atoms with Gasteiger partial charge in [-0.1, -0.05) is 12.1 Å². The van der Waals surface area contributed by atoms with Crippen LogP contribution in [0.5, 0.6) is 0 Å². The third kappa shape index (κ3) is 5.02. The molecule has 3 heterocycles. The molecule has 0 saturated carbocycles. The second-order valence-electron chi connectivity index (χ2n) is 6.96. The summed E-state index contributed by atoms with van der Waals surface area (Å²) in [5.41, 5.74) is 3.57. The number of thiophene rings is 1. The third-order valence-corrected chi connectivity index (χ3v) is 6.76. The molecule has 0 spiro atoms. The van der Waals surface area contributed by atoms with Gasteiger partial charge in [0.25, 0.3) is 0 Å². The Balaban J connectivity index is 0.000000377. The third-order valence-electron chi connectivity index (χ3n) is 4.56. The van der Waals surface area contributed by atoms with Crippen LogP contribution in [0.1, 0.15) is 23.8 Å². The number of nitrogens with zero attached hydrogens (tertiary/aromatic N) is 1. The van der Waals surface area contributed by atoms with E-state index >= 15 is 0 Å². The second-order valence-corrected chi connectivity index (χ2v) is 9.09. The second kappa shape index (κ2) is 9.33. The van der Waals surface area contributed by atoms with Crippen molar-refractivity contribution in [1.82, 2.24) is 4.98 Å². The van der Waals surface area contributed by atoms with Gasteiger partial charge in [0.2, 0.25) is 5.91 Å². The molecule has 0 radical (unpaired) electrons. The molecule has 1 amide bonds. The van der Waals surface area contributed by atoms with Crippen LogP contribution in [0.3, 0.4) is 0 Å². The van der Waals surface area contributed by atoms with Crippen LogP contribution in [-0.4, -0.2) is 41.5 Å².